The van der Waals surface area contributed by atoms with Crippen LogP contribution < -0.4 is 14.8 Å². The second kappa shape index (κ2) is 11.0. The Morgan fingerprint density at radius 1 is 1.19 bits per heavy atom. The Morgan fingerprint density at radius 2 is 2.05 bits per heavy atom. The molecular weight excluding hydrogens is 266 g/mol. The van der Waals surface area contributed by atoms with Crippen LogP contribution in [0.2, 0.25) is 0 Å². The van der Waals surface area contributed by atoms with Crippen LogP contribution in [0.4, 0.5) is 0 Å². The number of ether oxygens (including phenoxy) is 3. The maximum atomic E-state index is 5.76. The van der Waals surface area contributed by atoms with Gasteiger partial charge in [0.05, 0.1) is 19.8 Å². The van der Waals surface area contributed by atoms with Gasteiger partial charge in [0, 0.05) is 38.2 Å². The van der Waals surface area contributed by atoms with E-state index in [1.807, 2.05) is 18.2 Å². The van der Waals surface area contributed by atoms with E-state index in [9.17, 15) is 0 Å². The molecule has 0 unspecified atom stereocenters. The third kappa shape index (κ3) is 7.03. The van der Waals surface area contributed by atoms with Crippen LogP contribution in [0.5, 0.6) is 11.5 Å². The minimum Gasteiger partial charge on any atom is -0.493 e. The summed E-state index contributed by atoms with van der Waals surface area (Å²) in [6, 6.07) is 5.92. The van der Waals surface area contributed by atoms with Gasteiger partial charge in [0.1, 0.15) is 11.5 Å². The van der Waals surface area contributed by atoms with Crippen molar-refractivity contribution in [3.63, 3.8) is 0 Å². The molecule has 0 saturated carbocycles. The van der Waals surface area contributed by atoms with Crippen molar-refractivity contribution in [1.29, 1.82) is 0 Å². The summed E-state index contributed by atoms with van der Waals surface area (Å²) in [5.74, 6) is 4.23. The zero-order valence-corrected chi connectivity index (χ0v) is 13.0. The van der Waals surface area contributed by atoms with Crippen LogP contribution in [0, 0.1) is 12.3 Å². The molecule has 0 heterocycles. The van der Waals surface area contributed by atoms with Crippen LogP contribution >= 0.6 is 0 Å². The molecule has 1 aromatic carbocycles. The fraction of sp³-hybridized carbons (Fsp3) is 0.529. The molecule has 0 aliphatic carbocycles. The van der Waals surface area contributed by atoms with E-state index in [0.717, 1.165) is 36.6 Å². The molecule has 1 rings (SSSR count). The summed E-state index contributed by atoms with van der Waals surface area (Å²) in [7, 11) is 1.69. The molecule has 116 valence electrons. The maximum absolute atomic E-state index is 5.76. The second-order valence-corrected chi connectivity index (χ2v) is 4.59. The highest BCUT2D eigenvalue weighted by Crippen LogP contribution is 2.25. The van der Waals surface area contributed by atoms with Crippen LogP contribution in [0.25, 0.3) is 0 Å². The molecule has 0 radical (unpaired) electrons. The normalized spacial score (nSPS) is 10.1. The van der Waals surface area contributed by atoms with Gasteiger partial charge in [0.2, 0.25) is 0 Å². The first-order chi connectivity index (χ1) is 10.3. The third-order valence-corrected chi connectivity index (χ3v) is 2.81. The van der Waals surface area contributed by atoms with Gasteiger partial charge < -0.3 is 19.5 Å². The molecule has 0 aliphatic heterocycles. The lowest BCUT2D eigenvalue weighted by molar-refractivity contribution is 0.199. The molecule has 0 spiro atoms. The lowest BCUT2D eigenvalue weighted by Gasteiger charge is -2.14. The minimum atomic E-state index is 0.513. The molecule has 0 atom stereocenters. The van der Waals surface area contributed by atoms with Gasteiger partial charge in [-0.05, 0) is 12.5 Å². The van der Waals surface area contributed by atoms with Crippen molar-refractivity contribution >= 4 is 0 Å². The Hall–Kier alpha value is -1.70. The Balaban J connectivity index is 2.66. The SMILES string of the molecule is C#CCCOc1cc(OCCC)ccc1CNCCOC. The molecule has 1 aromatic rings. The first kappa shape index (κ1) is 17.4. The van der Waals surface area contributed by atoms with E-state index in [-0.39, 0.29) is 0 Å². The fourth-order valence-electron chi connectivity index (χ4n) is 1.74. The van der Waals surface area contributed by atoms with Crippen molar-refractivity contribution in [1.82, 2.24) is 5.32 Å². The number of rotatable bonds is 11. The van der Waals surface area contributed by atoms with Gasteiger partial charge in [0.25, 0.3) is 0 Å². The molecule has 0 fully saturated rings. The molecule has 21 heavy (non-hydrogen) atoms. The highest BCUT2D eigenvalue weighted by Gasteiger charge is 2.06. The van der Waals surface area contributed by atoms with Crippen LogP contribution in [0.1, 0.15) is 25.3 Å². The van der Waals surface area contributed by atoms with E-state index < -0.39 is 0 Å². The smallest absolute Gasteiger partial charge is 0.127 e. The van der Waals surface area contributed by atoms with Crippen LogP contribution in [0.15, 0.2) is 18.2 Å². The van der Waals surface area contributed by atoms with Crippen LogP contribution in [-0.2, 0) is 11.3 Å². The van der Waals surface area contributed by atoms with Crippen molar-refractivity contribution < 1.29 is 14.2 Å². The molecular formula is C17H25NO3. The molecule has 0 amide bonds. The predicted molar refractivity (Wildman–Crippen MR) is 84.8 cm³/mol. The van der Waals surface area contributed by atoms with Crippen molar-refractivity contribution in [2.24, 2.45) is 0 Å². The van der Waals surface area contributed by atoms with Gasteiger partial charge in [0.15, 0.2) is 0 Å². The summed E-state index contributed by atoms with van der Waals surface area (Å²) >= 11 is 0. The summed E-state index contributed by atoms with van der Waals surface area (Å²) < 4.78 is 16.4. The number of terminal acetylenes is 1. The van der Waals surface area contributed by atoms with Crippen molar-refractivity contribution in [2.45, 2.75) is 26.3 Å². The Labute approximate surface area is 127 Å². The quantitative estimate of drug-likeness (QED) is 0.502. The average Bonchev–Trinajstić information content (AvgIpc) is 2.51. The van der Waals surface area contributed by atoms with Gasteiger partial charge >= 0.3 is 0 Å². The summed E-state index contributed by atoms with van der Waals surface area (Å²) in [6.45, 7) is 5.51. The number of hydrogen-bond donors (Lipinski definition) is 1. The van der Waals surface area contributed by atoms with E-state index >= 15 is 0 Å². The number of nitrogens with one attached hydrogen (secondary N) is 1. The highest BCUT2D eigenvalue weighted by molar-refractivity contribution is 5.40. The van der Waals surface area contributed by atoms with Crippen LogP contribution in [0.3, 0.4) is 0 Å². The molecule has 4 nitrogen and oxygen atoms in total. The van der Waals surface area contributed by atoms with E-state index in [0.29, 0.717) is 26.2 Å². The average molecular weight is 291 g/mol. The lowest BCUT2D eigenvalue weighted by Crippen LogP contribution is -2.19. The molecule has 0 saturated heterocycles. The summed E-state index contributed by atoms with van der Waals surface area (Å²) in [5, 5.41) is 3.31. The van der Waals surface area contributed by atoms with Crippen molar-refractivity contribution in [3.8, 4) is 23.8 Å². The van der Waals surface area contributed by atoms with Gasteiger partial charge in [-0.3, -0.25) is 0 Å². The maximum Gasteiger partial charge on any atom is 0.127 e. The Morgan fingerprint density at radius 3 is 2.76 bits per heavy atom. The monoisotopic (exact) mass is 291 g/mol. The van der Waals surface area contributed by atoms with Crippen LogP contribution in [-0.4, -0.2) is 33.5 Å². The number of benzene rings is 1. The number of hydrogen-bond acceptors (Lipinski definition) is 4. The molecule has 0 bridgehead atoms. The topological polar surface area (TPSA) is 39.7 Å². The number of methoxy groups -OCH3 is 1. The third-order valence-electron chi connectivity index (χ3n) is 2.81. The summed E-state index contributed by atoms with van der Waals surface area (Å²) in [4.78, 5) is 0. The highest BCUT2D eigenvalue weighted by atomic mass is 16.5. The Bertz CT molecular complexity index is 440. The van der Waals surface area contributed by atoms with Gasteiger partial charge in [-0.25, -0.2) is 0 Å². The van der Waals surface area contributed by atoms with E-state index in [1.165, 1.54) is 0 Å². The first-order valence-electron chi connectivity index (χ1n) is 7.33. The van der Waals surface area contributed by atoms with Crippen molar-refractivity contribution in [3.05, 3.63) is 23.8 Å². The molecule has 4 heteroatoms. The summed E-state index contributed by atoms with van der Waals surface area (Å²) in [5.41, 5.74) is 1.09. The van der Waals surface area contributed by atoms with E-state index in [4.69, 9.17) is 20.6 Å². The van der Waals surface area contributed by atoms with E-state index in [1.54, 1.807) is 7.11 Å². The fourth-order valence-corrected chi connectivity index (χ4v) is 1.74. The second-order valence-electron chi connectivity index (χ2n) is 4.59. The minimum absolute atomic E-state index is 0.513. The molecule has 1 N–H and O–H groups in total. The molecule has 0 aliphatic rings. The molecule has 0 aromatic heterocycles. The standard InChI is InChI=1S/C17H25NO3/c1-4-6-11-21-17-13-16(20-10-5-2)8-7-15(17)14-18-9-12-19-3/h1,7-8,13,18H,5-6,9-12,14H2,2-3H3. The van der Waals surface area contributed by atoms with Gasteiger partial charge in [-0.1, -0.05) is 13.0 Å². The van der Waals surface area contributed by atoms with E-state index in [2.05, 4.69) is 18.2 Å². The van der Waals surface area contributed by atoms with Crippen molar-refractivity contribution in [2.75, 3.05) is 33.5 Å². The van der Waals surface area contributed by atoms with Gasteiger partial charge in [-0.15, -0.1) is 12.3 Å². The Kier molecular flexibility index (Phi) is 9.10. The zero-order valence-electron chi connectivity index (χ0n) is 13.0. The lowest BCUT2D eigenvalue weighted by atomic mass is 10.2. The summed E-state index contributed by atoms with van der Waals surface area (Å²) in [6.07, 6.45) is 6.83. The first-order valence-corrected chi connectivity index (χ1v) is 7.33. The predicted octanol–water partition coefficient (Wildman–Crippen LogP) is 2.61. The zero-order chi connectivity index (χ0) is 15.3. The van der Waals surface area contributed by atoms with Gasteiger partial charge in [-0.2, -0.15) is 0 Å². The largest absolute Gasteiger partial charge is 0.493 e.